The number of fused-ring (bicyclic) bond motifs is 3. The molecule has 0 aromatic carbocycles. The van der Waals surface area contributed by atoms with E-state index in [2.05, 4.69) is 14.9 Å². The molecule has 1 atom stereocenters. The molecule has 0 bridgehead atoms. The fourth-order valence-corrected chi connectivity index (χ4v) is 3.72. The van der Waals surface area contributed by atoms with Gasteiger partial charge >= 0.3 is 0 Å². The van der Waals surface area contributed by atoms with Crippen molar-refractivity contribution in [3.63, 3.8) is 0 Å². The predicted molar refractivity (Wildman–Crippen MR) is 87.7 cm³/mol. The summed E-state index contributed by atoms with van der Waals surface area (Å²) >= 11 is 5.64. The van der Waals surface area contributed by atoms with E-state index in [1.807, 2.05) is 18.9 Å². The van der Waals surface area contributed by atoms with Crippen LogP contribution in [0.5, 0.6) is 0 Å². The second kappa shape index (κ2) is 5.75. The number of aromatic amines is 1. The summed E-state index contributed by atoms with van der Waals surface area (Å²) in [5, 5.41) is 0.798. The van der Waals surface area contributed by atoms with Crippen molar-refractivity contribution >= 4 is 23.1 Å². The lowest BCUT2D eigenvalue weighted by atomic mass is 9.98. The SMILES string of the molecule is Cc1nc2c(c(=O)[nH]1)C1CCCCCCCN1C(=S)N2C. The lowest BCUT2D eigenvalue weighted by Gasteiger charge is -2.42. The zero-order valence-corrected chi connectivity index (χ0v) is 13.5. The third-order valence-electron chi connectivity index (χ3n) is 4.49. The predicted octanol–water partition coefficient (Wildman–Crippen LogP) is 2.51. The molecule has 5 nitrogen and oxygen atoms in total. The summed E-state index contributed by atoms with van der Waals surface area (Å²) in [5.41, 5.74) is 0.777. The molecule has 21 heavy (non-hydrogen) atoms. The summed E-state index contributed by atoms with van der Waals surface area (Å²) in [6.07, 6.45) is 7.01. The van der Waals surface area contributed by atoms with Crippen LogP contribution in [0.3, 0.4) is 0 Å². The quantitative estimate of drug-likeness (QED) is 0.746. The second-order valence-electron chi connectivity index (χ2n) is 6.00. The number of H-pyrrole nitrogens is 1. The number of hydrogen-bond donors (Lipinski definition) is 1. The molecule has 3 rings (SSSR count). The number of rotatable bonds is 0. The third-order valence-corrected chi connectivity index (χ3v) is 5.00. The molecule has 2 aliphatic rings. The molecule has 3 heterocycles. The van der Waals surface area contributed by atoms with E-state index in [4.69, 9.17) is 12.2 Å². The molecule has 6 heteroatoms. The van der Waals surface area contributed by atoms with Crippen molar-refractivity contribution in [1.29, 1.82) is 0 Å². The molecule has 0 spiro atoms. The van der Waals surface area contributed by atoms with Crippen LogP contribution in [0.1, 0.15) is 56.0 Å². The van der Waals surface area contributed by atoms with Crippen molar-refractivity contribution in [2.45, 2.75) is 51.5 Å². The molecule has 2 aliphatic heterocycles. The van der Waals surface area contributed by atoms with Crippen molar-refractivity contribution in [3.8, 4) is 0 Å². The fraction of sp³-hybridized carbons (Fsp3) is 0.667. The lowest BCUT2D eigenvalue weighted by molar-refractivity contribution is 0.289. The van der Waals surface area contributed by atoms with Gasteiger partial charge in [-0.05, 0) is 32.0 Å². The van der Waals surface area contributed by atoms with Crippen LogP contribution < -0.4 is 10.5 Å². The van der Waals surface area contributed by atoms with Gasteiger partial charge in [-0.2, -0.15) is 0 Å². The van der Waals surface area contributed by atoms with Crippen LogP contribution in [0.2, 0.25) is 0 Å². The standard InChI is InChI=1S/C15H22N4OS/c1-10-16-13-12(14(20)17-10)11-8-6-4-3-5-7-9-19(11)15(21)18(13)2/h11H,3-9H2,1-2H3,(H,16,17,20). The van der Waals surface area contributed by atoms with Crippen molar-refractivity contribution in [3.05, 3.63) is 21.7 Å². The first-order chi connectivity index (χ1) is 10.1. The van der Waals surface area contributed by atoms with Crippen LogP contribution in [0.25, 0.3) is 0 Å². The molecule has 0 aliphatic carbocycles. The van der Waals surface area contributed by atoms with E-state index >= 15 is 0 Å². The average Bonchev–Trinajstić information content (AvgIpc) is 2.56. The number of aryl methyl sites for hydroxylation is 1. The van der Waals surface area contributed by atoms with E-state index < -0.39 is 0 Å². The van der Waals surface area contributed by atoms with Crippen LogP contribution in [0, 0.1) is 6.92 Å². The molecular weight excluding hydrogens is 284 g/mol. The highest BCUT2D eigenvalue weighted by Gasteiger charge is 2.36. The molecule has 114 valence electrons. The van der Waals surface area contributed by atoms with Gasteiger partial charge in [0.1, 0.15) is 11.6 Å². The van der Waals surface area contributed by atoms with Gasteiger partial charge in [0.2, 0.25) is 0 Å². The molecule has 1 aromatic heterocycles. The summed E-state index contributed by atoms with van der Waals surface area (Å²) in [6.45, 7) is 2.74. The fourth-order valence-electron chi connectivity index (χ4n) is 3.41. The molecule has 1 N–H and O–H groups in total. The topological polar surface area (TPSA) is 52.2 Å². The Kier molecular flexibility index (Phi) is 3.97. The zero-order valence-electron chi connectivity index (χ0n) is 12.7. The maximum Gasteiger partial charge on any atom is 0.258 e. The molecule has 0 saturated carbocycles. The van der Waals surface area contributed by atoms with Gasteiger partial charge in [-0.25, -0.2) is 4.98 Å². The Hall–Kier alpha value is -1.43. The van der Waals surface area contributed by atoms with E-state index in [-0.39, 0.29) is 11.6 Å². The highest BCUT2D eigenvalue weighted by Crippen LogP contribution is 2.36. The Bertz CT molecular complexity index is 612. The summed E-state index contributed by atoms with van der Waals surface area (Å²) in [5.74, 6) is 1.38. The van der Waals surface area contributed by atoms with Crippen molar-refractivity contribution in [1.82, 2.24) is 14.9 Å². The number of nitrogens with zero attached hydrogens (tertiary/aromatic N) is 3. The highest BCUT2D eigenvalue weighted by atomic mass is 32.1. The number of aromatic nitrogens is 2. The third kappa shape index (κ3) is 2.57. The van der Waals surface area contributed by atoms with Gasteiger partial charge in [0.05, 0.1) is 11.6 Å². The zero-order chi connectivity index (χ0) is 15.0. The molecule has 1 fully saturated rings. The van der Waals surface area contributed by atoms with Crippen LogP contribution in [0.4, 0.5) is 5.82 Å². The van der Waals surface area contributed by atoms with Crippen molar-refractivity contribution < 1.29 is 0 Å². The smallest absolute Gasteiger partial charge is 0.258 e. The Labute approximate surface area is 130 Å². The molecular formula is C15H22N4OS. The Morgan fingerprint density at radius 2 is 1.95 bits per heavy atom. The van der Waals surface area contributed by atoms with E-state index in [1.54, 1.807) is 0 Å². The van der Waals surface area contributed by atoms with Crippen molar-refractivity contribution in [2.24, 2.45) is 0 Å². The molecule has 1 unspecified atom stereocenters. The maximum atomic E-state index is 12.5. The molecule has 0 amide bonds. The monoisotopic (exact) mass is 306 g/mol. The van der Waals surface area contributed by atoms with Gasteiger partial charge in [-0.15, -0.1) is 0 Å². The van der Waals surface area contributed by atoms with E-state index in [9.17, 15) is 4.79 Å². The minimum atomic E-state index is -0.0129. The molecule has 0 radical (unpaired) electrons. The lowest BCUT2D eigenvalue weighted by Crippen LogP contribution is -2.50. The first kappa shape index (κ1) is 14.5. The Morgan fingerprint density at radius 1 is 1.24 bits per heavy atom. The van der Waals surface area contributed by atoms with Crippen LogP contribution in [-0.2, 0) is 0 Å². The highest BCUT2D eigenvalue weighted by molar-refractivity contribution is 7.80. The van der Waals surface area contributed by atoms with E-state index in [1.165, 1.54) is 19.3 Å². The van der Waals surface area contributed by atoms with Crippen LogP contribution >= 0.6 is 12.2 Å². The average molecular weight is 306 g/mol. The largest absolute Gasteiger partial charge is 0.341 e. The first-order valence-electron chi connectivity index (χ1n) is 7.74. The van der Waals surface area contributed by atoms with Gasteiger partial charge in [0.25, 0.3) is 5.56 Å². The first-order valence-corrected chi connectivity index (χ1v) is 8.15. The van der Waals surface area contributed by atoms with Gasteiger partial charge in [0, 0.05) is 13.6 Å². The summed E-state index contributed by atoms with van der Waals surface area (Å²) < 4.78 is 0. The number of nitrogens with one attached hydrogen (secondary N) is 1. The maximum absolute atomic E-state index is 12.5. The van der Waals surface area contributed by atoms with E-state index in [0.29, 0.717) is 5.82 Å². The van der Waals surface area contributed by atoms with Gasteiger partial charge in [-0.1, -0.05) is 25.7 Å². The summed E-state index contributed by atoms with van der Waals surface area (Å²) in [6, 6.07) is 0.0821. The van der Waals surface area contributed by atoms with Gasteiger partial charge in [-0.3, -0.25) is 4.79 Å². The summed E-state index contributed by atoms with van der Waals surface area (Å²) in [4.78, 5) is 24.0. The number of anilines is 1. The molecule has 1 aromatic rings. The van der Waals surface area contributed by atoms with Gasteiger partial charge < -0.3 is 14.8 Å². The summed E-state index contributed by atoms with van der Waals surface area (Å²) in [7, 11) is 1.91. The second-order valence-corrected chi connectivity index (χ2v) is 6.36. The minimum Gasteiger partial charge on any atom is -0.341 e. The number of hydrogen-bond acceptors (Lipinski definition) is 3. The molecule has 1 saturated heterocycles. The number of thiocarbonyl (C=S) groups is 1. The van der Waals surface area contributed by atoms with Gasteiger partial charge in [0.15, 0.2) is 5.11 Å². The van der Waals surface area contributed by atoms with Crippen molar-refractivity contribution in [2.75, 3.05) is 18.5 Å². The normalized spacial score (nSPS) is 23.0. The van der Waals surface area contributed by atoms with E-state index in [0.717, 1.165) is 42.3 Å². The van der Waals surface area contributed by atoms with Crippen LogP contribution in [-0.4, -0.2) is 33.6 Å². The van der Waals surface area contributed by atoms with Crippen LogP contribution in [0.15, 0.2) is 4.79 Å². The minimum absolute atomic E-state index is 0.0129. The Morgan fingerprint density at radius 3 is 2.76 bits per heavy atom. The Balaban J connectivity index is 2.11.